The Hall–Kier alpha value is -1.39. The Kier molecular flexibility index (Phi) is 2.76. The number of nitrogens with one attached hydrogen (secondary N) is 1. The van der Waals surface area contributed by atoms with Crippen LogP contribution < -0.4 is 5.32 Å². The maximum atomic E-state index is 8.59. The number of aliphatic hydroxyl groups excluding tert-OH is 1. The molecule has 0 atom stereocenters. The number of hydrogen-bond acceptors (Lipinski definition) is 4. The van der Waals surface area contributed by atoms with E-state index in [4.69, 9.17) is 9.52 Å². The predicted octanol–water partition coefficient (Wildman–Crippen LogP) is 0.910. The van der Waals surface area contributed by atoms with Gasteiger partial charge in [0.2, 0.25) is 0 Å². The zero-order chi connectivity index (χ0) is 9.80. The van der Waals surface area contributed by atoms with Gasteiger partial charge in [0, 0.05) is 13.1 Å². The molecular weight excluding hydrogens is 180 g/mol. The number of aromatic nitrogens is 1. The molecule has 1 aromatic carbocycles. The number of aliphatic hydroxyl groups is 1. The van der Waals surface area contributed by atoms with Gasteiger partial charge in [0.15, 0.2) is 12.0 Å². The third kappa shape index (κ3) is 1.92. The SMILES string of the molecule is OCCNCc1ccc2ncoc2c1. The summed E-state index contributed by atoms with van der Waals surface area (Å²) in [6.07, 6.45) is 1.44. The molecule has 2 rings (SSSR count). The van der Waals surface area contributed by atoms with E-state index in [0.29, 0.717) is 6.54 Å². The molecule has 74 valence electrons. The lowest BCUT2D eigenvalue weighted by Crippen LogP contribution is -2.17. The molecule has 1 aromatic heterocycles. The van der Waals surface area contributed by atoms with E-state index < -0.39 is 0 Å². The lowest BCUT2D eigenvalue weighted by Gasteiger charge is -2.01. The molecule has 4 heteroatoms. The van der Waals surface area contributed by atoms with Crippen LogP contribution in [0.5, 0.6) is 0 Å². The van der Waals surface area contributed by atoms with Crippen LogP contribution in [0.1, 0.15) is 5.56 Å². The van der Waals surface area contributed by atoms with E-state index in [1.165, 1.54) is 6.39 Å². The van der Waals surface area contributed by atoms with Crippen molar-refractivity contribution in [2.45, 2.75) is 6.54 Å². The van der Waals surface area contributed by atoms with Crippen LogP contribution in [0.3, 0.4) is 0 Å². The molecule has 0 fully saturated rings. The number of hydrogen-bond donors (Lipinski definition) is 2. The molecule has 0 amide bonds. The highest BCUT2D eigenvalue weighted by Crippen LogP contribution is 2.13. The summed E-state index contributed by atoms with van der Waals surface area (Å²) in [5.74, 6) is 0. The minimum atomic E-state index is 0.157. The first-order valence-electron chi connectivity index (χ1n) is 4.54. The first-order chi connectivity index (χ1) is 6.90. The number of fused-ring (bicyclic) bond motifs is 1. The highest BCUT2D eigenvalue weighted by Gasteiger charge is 1.99. The predicted molar refractivity (Wildman–Crippen MR) is 52.8 cm³/mol. The first kappa shape index (κ1) is 9.18. The second-order valence-electron chi connectivity index (χ2n) is 3.05. The average molecular weight is 192 g/mol. The van der Waals surface area contributed by atoms with Crippen LogP contribution in [0, 0.1) is 0 Å². The summed E-state index contributed by atoms with van der Waals surface area (Å²) in [4.78, 5) is 4.03. The van der Waals surface area contributed by atoms with E-state index >= 15 is 0 Å². The van der Waals surface area contributed by atoms with Crippen molar-refractivity contribution in [1.82, 2.24) is 10.3 Å². The Morgan fingerprint density at radius 1 is 1.43 bits per heavy atom. The molecule has 0 aliphatic rings. The molecule has 2 aromatic rings. The molecule has 0 bridgehead atoms. The van der Waals surface area contributed by atoms with Crippen LogP contribution in [0.25, 0.3) is 11.1 Å². The summed E-state index contributed by atoms with van der Waals surface area (Å²) in [6, 6.07) is 5.87. The second-order valence-corrected chi connectivity index (χ2v) is 3.05. The zero-order valence-corrected chi connectivity index (χ0v) is 7.73. The maximum absolute atomic E-state index is 8.59. The fraction of sp³-hybridized carbons (Fsp3) is 0.300. The van der Waals surface area contributed by atoms with Crippen LogP contribution in [0.4, 0.5) is 0 Å². The Balaban J connectivity index is 2.10. The van der Waals surface area contributed by atoms with Crippen molar-refractivity contribution in [3.05, 3.63) is 30.2 Å². The lowest BCUT2D eigenvalue weighted by atomic mass is 10.2. The van der Waals surface area contributed by atoms with E-state index in [9.17, 15) is 0 Å². The minimum absolute atomic E-state index is 0.157. The van der Waals surface area contributed by atoms with Crippen molar-refractivity contribution in [3.63, 3.8) is 0 Å². The number of benzene rings is 1. The molecule has 0 spiro atoms. The molecular formula is C10H12N2O2. The average Bonchev–Trinajstić information content (AvgIpc) is 2.65. The molecule has 4 nitrogen and oxygen atoms in total. The monoisotopic (exact) mass is 192 g/mol. The van der Waals surface area contributed by atoms with Crippen molar-refractivity contribution >= 4 is 11.1 Å². The molecule has 1 heterocycles. The highest BCUT2D eigenvalue weighted by molar-refractivity contribution is 5.72. The largest absolute Gasteiger partial charge is 0.443 e. The molecule has 14 heavy (non-hydrogen) atoms. The fourth-order valence-electron chi connectivity index (χ4n) is 1.32. The van der Waals surface area contributed by atoms with Gasteiger partial charge in [-0.2, -0.15) is 0 Å². The molecule has 0 radical (unpaired) electrons. The van der Waals surface area contributed by atoms with Crippen LogP contribution in [0.15, 0.2) is 29.0 Å². The van der Waals surface area contributed by atoms with Crippen molar-refractivity contribution in [3.8, 4) is 0 Å². The lowest BCUT2D eigenvalue weighted by molar-refractivity contribution is 0.292. The topological polar surface area (TPSA) is 58.3 Å². The maximum Gasteiger partial charge on any atom is 0.181 e. The molecule has 0 saturated carbocycles. The van der Waals surface area contributed by atoms with Crippen LogP contribution in [-0.2, 0) is 6.54 Å². The van der Waals surface area contributed by atoms with Gasteiger partial charge < -0.3 is 14.8 Å². The Bertz CT molecular complexity index is 411. The summed E-state index contributed by atoms with van der Waals surface area (Å²) in [5, 5.41) is 11.7. The van der Waals surface area contributed by atoms with Gasteiger partial charge in [-0.25, -0.2) is 4.98 Å². The summed E-state index contributed by atoms with van der Waals surface area (Å²) in [7, 11) is 0. The van der Waals surface area contributed by atoms with Gasteiger partial charge in [0.25, 0.3) is 0 Å². The van der Waals surface area contributed by atoms with Crippen molar-refractivity contribution < 1.29 is 9.52 Å². The molecule has 0 aliphatic heterocycles. The van der Waals surface area contributed by atoms with Gasteiger partial charge in [0.05, 0.1) is 6.61 Å². The third-order valence-electron chi connectivity index (χ3n) is 2.01. The van der Waals surface area contributed by atoms with E-state index in [0.717, 1.165) is 23.2 Å². The number of rotatable bonds is 4. The van der Waals surface area contributed by atoms with Crippen LogP contribution in [-0.4, -0.2) is 23.2 Å². The first-order valence-corrected chi connectivity index (χ1v) is 4.54. The van der Waals surface area contributed by atoms with Crippen molar-refractivity contribution in [1.29, 1.82) is 0 Å². The third-order valence-corrected chi connectivity index (χ3v) is 2.01. The van der Waals surface area contributed by atoms with Crippen LogP contribution in [0.2, 0.25) is 0 Å². The molecule has 0 unspecified atom stereocenters. The van der Waals surface area contributed by atoms with E-state index in [1.807, 2.05) is 18.2 Å². The molecule has 0 aliphatic carbocycles. The minimum Gasteiger partial charge on any atom is -0.443 e. The fourth-order valence-corrected chi connectivity index (χ4v) is 1.32. The van der Waals surface area contributed by atoms with Gasteiger partial charge in [-0.15, -0.1) is 0 Å². The Labute approximate surface area is 81.6 Å². The van der Waals surface area contributed by atoms with Crippen LogP contribution >= 0.6 is 0 Å². The molecule has 0 saturated heterocycles. The smallest absolute Gasteiger partial charge is 0.181 e. The van der Waals surface area contributed by atoms with E-state index in [-0.39, 0.29) is 6.61 Å². The summed E-state index contributed by atoms with van der Waals surface area (Å²) >= 11 is 0. The van der Waals surface area contributed by atoms with E-state index in [2.05, 4.69) is 10.3 Å². The highest BCUT2D eigenvalue weighted by atomic mass is 16.3. The van der Waals surface area contributed by atoms with Crippen molar-refractivity contribution in [2.24, 2.45) is 0 Å². The summed E-state index contributed by atoms with van der Waals surface area (Å²) in [6.45, 7) is 1.50. The standard InChI is InChI=1S/C10H12N2O2/c13-4-3-11-6-8-1-2-9-10(5-8)14-7-12-9/h1-2,5,7,11,13H,3-4,6H2. The summed E-state index contributed by atoms with van der Waals surface area (Å²) in [5.41, 5.74) is 2.80. The Morgan fingerprint density at radius 2 is 2.36 bits per heavy atom. The number of oxazole rings is 1. The number of nitrogens with zero attached hydrogens (tertiary/aromatic N) is 1. The normalized spacial score (nSPS) is 10.9. The van der Waals surface area contributed by atoms with E-state index in [1.54, 1.807) is 0 Å². The summed E-state index contributed by atoms with van der Waals surface area (Å²) < 4.78 is 5.18. The van der Waals surface area contributed by atoms with Gasteiger partial charge >= 0.3 is 0 Å². The Morgan fingerprint density at radius 3 is 3.21 bits per heavy atom. The van der Waals surface area contributed by atoms with Gasteiger partial charge in [-0.1, -0.05) is 6.07 Å². The van der Waals surface area contributed by atoms with Gasteiger partial charge in [-0.05, 0) is 17.7 Å². The molecule has 2 N–H and O–H groups in total. The zero-order valence-electron chi connectivity index (χ0n) is 7.73. The van der Waals surface area contributed by atoms with Gasteiger partial charge in [-0.3, -0.25) is 0 Å². The van der Waals surface area contributed by atoms with Gasteiger partial charge in [0.1, 0.15) is 5.52 Å². The quantitative estimate of drug-likeness (QED) is 0.707. The second kappa shape index (κ2) is 4.21. The van der Waals surface area contributed by atoms with Crippen molar-refractivity contribution in [2.75, 3.05) is 13.2 Å².